The van der Waals surface area contributed by atoms with E-state index in [0.717, 1.165) is 11.3 Å². The average Bonchev–Trinajstić information content (AvgIpc) is 2.94. The van der Waals surface area contributed by atoms with Crippen LogP contribution in [0.5, 0.6) is 0 Å². The number of rotatable bonds is 4. The molecule has 7 nitrogen and oxygen atoms in total. The molecule has 2 atom stereocenters. The van der Waals surface area contributed by atoms with Gasteiger partial charge in [-0.15, -0.1) is 0 Å². The van der Waals surface area contributed by atoms with Crippen LogP contribution in [-0.2, 0) is 24.2 Å². The maximum atomic E-state index is 12.2. The average molecular weight is 291 g/mol. The molecule has 0 aromatic carbocycles. The van der Waals surface area contributed by atoms with Gasteiger partial charge < -0.3 is 14.7 Å². The molecule has 1 N–H and O–H groups in total. The van der Waals surface area contributed by atoms with Crippen LogP contribution in [0.1, 0.15) is 19.3 Å². The molecule has 0 spiro atoms. The molecule has 19 heavy (non-hydrogen) atoms. The highest BCUT2D eigenvalue weighted by Gasteiger charge is 2.38. The van der Waals surface area contributed by atoms with Crippen molar-refractivity contribution in [2.24, 2.45) is 0 Å². The molecule has 0 radical (unpaired) electrons. The zero-order chi connectivity index (χ0) is 14.0. The summed E-state index contributed by atoms with van der Waals surface area (Å²) in [6.45, 7) is 0.0131. The third-order valence-corrected chi connectivity index (χ3v) is 5.19. The van der Waals surface area contributed by atoms with E-state index in [1.54, 1.807) is 0 Å². The second kappa shape index (κ2) is 5.46. The van der Waals surface area contributed by atoms with Gasteiger partial charge in [-0.25, -0.2) is 8.42 Å². The predicted molar refractivity (Wildman–Crippen MR) is 65.4 cm³/mol. The molecule has 1 amide bonds. The standard InChI is InChI=1S/C11H17NO6S/c13-10(14)6-12(8-3-5-19(16,17)7-8)11(15)9-2-1-4-18-9/h8-9H,1-7H2,(H,13,14)/t8?,9-/m0/s1. The van der Waals surface area contributed by atoms with Gasteiger partial charge in [0.1, 0.15) is 12.6 Å². The molecule has 1 unspecified atom stereocenters. The lowest BCUT2D eigenvalue weighted by Crippen LogP contribution is -2.48. The first-order chi connectivity index (χ1) is 8.89. The number of carbonyl (C=O) groups excluding carboxylic acids is 1. The number of carbonyl (C=O) groups is 2. The summed E-state index contributed by atoms with van der Waals surface area (Å²) < 4.78 is 28.2. The van der Waals surface area contributed by atoms with Crippen LogP contribution in [0.25, 0.3) is 0 Å². The van der Waals surface area contributed by atoms with E-state index < -0.39 is 40.4 Å². The second-order valence-electron chi connectivity index (χ2n) is 4.92. The van der Waals surface area contributed by atoms with Gasteiger partial charge in [0.2, 0.25) is 0 Å². The Hall–Kier alpha value is -1.15. The van der Waals surface area contributed by atoms with E-state index in [1.807, 2.05) is 0 Å². The first-order valence-corrected chi connectivity index (χ1v) is 8.05. The van der Waals surface area contributed by atoms with Crippen molar-refractivity contribution in [2.75, 3.05) is 24.7 Å². The molecular formula is C11H17NO6S. The smallest absolute Gasteiger partial charge is 0.323 e. The number of hydrogen-bond donors (Lipinski definition) is 1. The Labute approximate surface area is 111 Å². The first-order valence-electron chi connectivity index (χ1n) is 6.23. The Balaban J connectivity index is 2.11. The number of nitrogens with zero attached hydrogens (tertiary/aromatic N) is 1. The Morgan fingerprint density at radius 2 is 2.05 bits per heavy atom. The van der Waals surface area contributed by atoms with Gasteiger partial charge in [-0.2, -0.15) is 0 Å². The summed E-state index contributed by atoms with van der Waals surface area (Å²) in [5.74, 6) is -1.69. The quantitative estimate of drug-likeness (QED) is 0.732. The Bertz CT molecular complexity index is 468. The molecule has 0 aromatic heterocycles. The second-order valence-corrected chi connectivity index (χ2v) is 7.15. The largest absolute Gasteiger partial charge is 0.480 e. The highest BCUT2D eigenvalue weighted by atomic mass is 32.2. The molecule has 8 heteroatoms. The highest BCUT2D eigenvalue weighted by Crippen LogP contribution is 2.22. The van der Waals surface area contributed by atoms with Gasteiger partial charge in [-0.05, 0) is 19.3 Å². The summed E-state index contributed by atoms with van der Waals surface area (Å²) in [5.41, 5.74) is 0. The van der Waals surface area contributed by atoms with E-state index in [9.17, 15) is 18.0 Å². The monoisotopic (exact) mass is 291 g/mol. The number of hydrogen-bond acceptors (Lipinski definition) is 5. The Morgan fingerprint density at radius 1 is 1.32 bits per heavy atom. The lowest BCUT2D eigenvalue weighted by molar-refractivity contribution is -0.150. The molecule has 2 rings (SSSR count). The molecule has 2 saturated heterocycles. The SMILES string of the molecule is O=C(O)CN(C(=O)[C@@H]1CCCO1)C1CCS(=O)(=O)C1. The molecule has 2 aliphatic rings. The summed E-state index contributed by atoms with van der Waals surface area (Å²) in [4.78, 5) is 24.2. The van der Waals surface area contributed by atoms with Gasteiger partial charge in [0.05, 0.1) is 11.5 Å². The Kier molecular flexibility index (Phi) is 4.10. The zero-order valence-electron chi connectivity index (χ0n) is 10.4. The third-order valence-electron chi connectivity index (χ3n) is 3.44. The Morgan fingerprint density at radius 3 is 2.53 bits per heavy atom. The minimum atomic E-state index is -3.16. The van der Waals surface area contributed by atoms with E-state index in [-0.39, 0.29) is 11.5 Å². The lowest BCUT2D eigenvalue weighted by Gasteiger charge is -2.28. The van der Waals surface area contributed by atoms with Crippen LogP contribution in [-0.4, -0.2) is 67.1 Å². The lowest BCUT2D eigenvalue weighted by atomic mass is 10.1. The molecule has 2 aliphatic heterocycles. The minimum absolute atomic E-state index is 0.00654. The van der Waals surface area contributed by atoms with E-state index in [2.05, 4.69) is 0 Å². The summed E-state index contributed by atoms with van der Waals surface area (Å²) in [6, 6.07) is -0.544. The van der Waals surface area contributed by atoms with Crippen LogP contribution in [0.4, 0.5) is 0 Å². The van der Waals surface area contributed by atoms with Gasteiger partial charge >= 0.3 is 5.97 Å². The van der Waals surface area contributed by atoms with Crippen molar-refractivity contribution in [1.82, 2.24) is 4.90 Å². The third kappa shape index (κ3) is 3.44. The number of ether oxygens (including phenoxy) is 1. The number of carboxylic acids is 1. The van der Waals surface area contributed by atoms with Crippen molar-refractivity contribution in [2.45, 2.75) is 31.4 Å². The van der Waals surface area contributed by atoms with Gasteiger partial charge in [0.25, 0.3) is 5.91 Å². The number of amides is 1. The van der Waals surface area contributed by atoms with Crippen molar-refractivity contribution >= 4 is 21.7 Å². The molecule has 108 valence electrons. The molecule has 2 heterocycles. The highest BCUT2D eigenvalue weighted by molar-refractivity contribution is 7.91. The van der Waals surface area contributed by atoms with E-state index in [1.165, 1.54) is 0 Å². The van der Waals surface area contributed by atoms with E-state index >= 15 is 0 Å². The molecule has 0 aromatic rings. The molecular weight excluding hydrogens is 274 g/mol. The van der Waals surface area contributed by atoms with Gasteiger partial charge in [-0.1, -0.05) is 0 Å². The van der Waals surface area contributed by atoms with Crippen molar-refractivity contribution < 1.29 is 27.9 Å². The van der Waals surface area contributed by atoms with Gasteiger partial charge in [-0.3, -0.25) is 9.59 Å². The first kappa shape index (κ1) is 14.3. The van der Waals surface area contributed by atoms with Crippen LogP contribution >= 0.6 is 0 Å². The van der Waals surface area contributed by atoms with Crippen molar-refractivity contribution in [1.29, 1.82) is 0 Å². The number of sulfone groups is 1. The van der Waals surface area contributed by atoms with Crippen molar-refractivity contribution in [3.05, 3.63) is 0 Å². The normalized spacial score (nSPS) is 29.3. The van der Waals surface area contributed by atoms with Crippen molar-refractivity contribution in [3.63, 3.8) is 0 Å². The van der Waals surface area contributed by atoms with Crippen LogP contribution < -0.4 is 0 Å². The fraction of sp³-hybridized carbons (Fsp3) is 0.818. The maximum Gasteiger partial charge on any atom is 0.323 e. The van der Waals surface area contributed by atoms with E-state index in [0.29, 0.717) is 19.4 Å². The van der Waals surface area contributed by atoms with Crippen LogP contribution in [0.15, 0.2) is 0 Å². The molecule has 0 bridgehead atoms. The number of carboxylic acid groups (broad SMARTS) is 1. The molecule has 2 fully saturated rings. The van der Waals surface area contributed by atoms with Gasteiger partial charge in [0.15, 0.2) is 9.84 Å². The van der Waals surface area contributed by atoms with Crippen molar-refractivity contribution in [3.8, 4) is 0 Å². The van der Waals surface area contributed by atoms with Crippen LogP contribution in [0.3, 0.4) is 0 Å². The minimum Gasteiger partial charge on any atom is -0.480 e. The topological polar surface area (TPSA) is 101 Å². The molecule has 0 saturated carbocycles. The maximum absolute atomic E-state index is 12.2. The predicted octanol–water partition coefficient (Wildman–Crippen LogP) is -0.734. The van der Waals surface area contributed by atoms with Crippen LogP contribution in [0.2, 0.25) is 0 Å². The van der Waals surface area contributed by atoms with E-state index in [4.69, 9.17) is 9.84 Å². The number of aliphatic carboxylic acids is 1. The summed E-state index contributed by atoms with van der Waals surface area (Å²) >= 11 is 0. The fourth-order valence-corrected chi connectivity index (χ4v) is 4.24. The van der Waals surface area contributed by atoms with Gasteiger partial charge in [0, 0.05) is 12.6 Å². The summed E-state index contributed by atoms with van der Waals surface area (Å²) in [6.07, 6.45) is 1.01. The fourth-order valence-electron chi connectivity index (χ4n) is 2.51. The summed E-state index contributed by atoms with van der Waals surface area (Å²) in [7, 11) is -3.16. The van der Waals surface area contributed by atoms with Crippen LogP contribution in [0, 0.1) is 0 Å². The molecule has 0 aliphatic carbocycles. The zero-order valence-corrected chi connectivity index (χ0v) is 11.3. The summed E-state index contributed by atoms with van der Waals surface area (Å²) in [5, 5.41) is 8.88.